The number of hydrogen-bond acceptors (Lipinski definition) is 3. The third-order valence-electron chi connectivity index (χ3n) is 4.96. The van der Waals surface area contributed by atoms with Crippen molar-refractivity contribution in [3.63, 3.8) is 0 Å². The highest BCUT2D eigenvalue weighted by molar-refractivity contribution is 5.85. The van der Waals surface area contributed by atoms with Gasteiger partial charge in [-0.3, -0.25) is 4.79 Å². The van der Waals surface area contributed by atoms with E-state index in [9.17, 15) is 10.1 Å². The van der Waals surface area contributed by atoms with Crippen molar-refractivity contribution in [3.05, 3.63) is 35.4 Å². The molecule has 2 rings (SSSR count). The van der Waals surface area contributed by atoms with Gasteiger partial charge in [-0.1, -0.05) is 44.0 Å². The second-order valence-corrected chi connectivity index (χ2v) is 6.69. The molecule has 0 aromatic heterocycles. The van der Waals surface area contributed by atoms with Crippen molar-refractivity contribution in [3.8, 4) is 6.07 Å². The Labute approximate surface area is 139 Å². The minimum Gasteiger partial charge on any atom is -0.353 e. The average Bonchev–Trinajstić information content (AvgIpc) is 3.05. The van der Waals surface area contributed by atoms with Crippen LogP contribution in [0.4, 0.5) is 0 Å². The molecule has 0 spiro atoms. The molecule has 1 aliphatic carbocycles. The molecule has 0 radical (unpaired) electrons. The number of nitrogens with zero attached hydrogens (tertiary/aromatic N) is 2. The Hall–Kier alpha value is -1.86. The van der Waals surface area contributed by atoms with E-state index in [-0.39, 0.29) is 11.9 Å². The zero-order valence-corrected chi connectivity index (χ0v) is 14.4. The van der Waals surface area contributed by atoms with Gasteiger partial charge in [-0.25, -0.2) is 0 Å². The van der Waals surface area contributed by atoms with Crippen LogP contribution in [0, 0.1) is 16.7 Å². The number of carbonyl (C=O) groups excluding carboxylic acids is 1. The Morgan fingerprint density at radius 1 is 1.30 bits per heavy atom. The molecule has 4 nitrogen and oxygen atoms in total. The summed E-state index contributed by atoms with van der Waals surface area (Å²) in [6, 6.07) is 10.9. The topological polar surface area (TPSA) is 56.1 Å². The van der Waals surface area contributed by atoms with Crippen LogP contribution < -0.4 is 5.32 Å². The van der Waals surface area contributed by atoms with E-state index in [1.807, 2.05) is 14.1 Å². The number of benzene rings is 1. The van der Waals surface area contributed by atoms with Crippen LogP contribution in [-0.2, 0) is 11.2 Å². The molecule has 0 saturated heterocycles. The summed E-state index contributed by atoms with van der Waals surface area (Å²) in [5.74, 6) is -0.102. The molecule has 0 aliphatic heterocycles. The Morgan fingerprint density at radius 2 is 1.91 bits per heavy atom. The van der Waals surface area contributed by atoms with Gasteiger partial charge in [0.1, 0.15) is 5.41 Å². The Kier molecular flexibility index (Phi) is 5.79. The molecule has 1 saturated carbocycles. The zero-order valence-electron chi connectivity index (χ0n) is 14.4. The monoisotopic (exact) mass is 313 g/mol. The number of likely N-dealkylation sites (N-methyl/N-ethyl adjacent to an activating group) is 1. The van der Waals surface area contributed by atoms with Crippen molar-refractivity contribution in [2.24, 2.45) is 5.41 Å². The van der Waals surface area contributed by atoms with E-state index in [1.165, 1.54) is 11.1 Å². The van der Waals surface area contributed by atoms with Gasteiger partial charge in [0.25, 0.3) is 0 Å². The second kappa shape index (κ2) is 7.61. The van der Waals surface area contributed by atoms with E-state index < -0.39 is 5.41 Å². The molecular weight excluding hydrogens is 286 g/mol. The van der Waals surface area contributed by atoms with Crippen LogP contribution in [0.5, 0.6) is 0 Å². The molecule has 1 unspecified atom stereocenters. The van der Waals surface area contributed by atoms with Crippen LogP contribution in [0.1, 0.15) is 49.8 Å². The maximum atomic E-state index is 12.5. The maximum absolute atomic E-state index is 12.5. The summed E-state index contributed by atoms with van der Waals surface area (Å²) in [4.78, 5) is 14.6. The van der Waals surface area contributed by atoms with Gasteiger partial charge >= 0.3 is 0 Å². The van der Waals surface area contributed by atoms with E-state index >= 15 is 0 Å². The van der Waals surface area contributed by atoms with E-state index in [0.29, 0.717) is 19.4 Å². The van der Waals surface area contributed by atoms with Crippen LogP contribution in [0.15, 0.2) is 24.3 Å². The van der Waals surface area contributed by atoms with Crippen molar-refractivity contribution in [1.29, 1.82) is 5.26 Å². The van der Waals surface area contributed by atoms with Gasteiger partial charge in [0, 0.05) is 6.54 Å². The van der Waals surface area contributed by atoms with E-state index in [2.05, 4.69) is 47.5 Å². The Balaban J connectivity index is 2.05. The fraction of sp³-hybridized carbons (Fsp3) is 0.579. The van der Waals surface area contributed by atoms with Crippen molar-refractivity contribution < 1.29 is 4.79 Å². The number of hydrogen-bond donors (Lipinski definition) is 1. The molecule has 23 heavy (non-hydrogen) atoms. The van der Waals surface area contributed by atoms with Crippen LogP contribution in [0.25, 0.3) is 0 Å². The van der Waals surface area contributed by atoms with Gasteiger partial charge < -0.3 is 10.2 Å². The first-order chi connectivity index (χ1) is 11.0. The molecule has 1 aromatic rings. The molecule has 124 valence electrons. The molecule has 4 heteroatoms. The summed E-state index contributed by atoms with van der Waals surface area (Å²) in [6.45, 7) is 2.67. The Morgan fingerprint density at radius 3 is 2.39 bits per heavy atom. The number of rotatable bonds is 6. The van der Waals surface area contributed by atoms with Crippen LogP contribution in [0.2, 0.25) is 0 Å². The summed E-state index contributed by atoms with van der Waals surface area (Å²) in [5, 5.41) is 12.4. The average molecular weight is 313 g/mol. The summed E-state index contributed by atoms with van der Waals surface area (Å²) >= 11 is 0. The van der Waals surface area contributed by atoms with Crippen molar-refractivity contribution >= 4 is 5.91 Å². The van der Waals surface area contributed by atoms with E-state index in [4.69, 9.17) is 0 Å². The normalized spacial score (nSPS) is 17.7. The quantitative estimate of drug-likeness (QED) is 0.878. The molecule has 1 atom stereocenters. The first-order valence-corrected chi connectivity index (χ1v) is 8.47. The smallest absolute Gasteiger partial charge is 0.240 e. The molecular formula is C19H27N3O. The number of aryl methyl sites for hydroxylation is 1. The fourth-order valence-corrected chi connectivity index (χ4v) is 3.30. The molecule has 0 bridgehead atoms. The summed E-state index contributed by atoms with van der Waals surface area (Å²) in [6.07, 6.45) is 4.34. The highest BCUT2D eigenvalue weighted by Gasteiger charge is 2.41. The third kappa shape index (κ3) is 3.92. The SMILES string of the molecule is CCc1ccc(C(CNC(=O)C2(C#N)CCCC2)N(C)C)cc1. The highest BCUT2D eigenvalue weighted by atomic mass is 16.2. The van der Waals surface area contributed by atoms with Gasteiger partial charge in [-0.05, 0) is 44.5 Å². The minimum absolute atomic E-state index is 0.102. The molecule has 1 N–H and O–H groups in total. The fourth-order valence-electron chi connectivity index (χ4n) is 3.30. The van der Waals surface area contributed by atoms with Crippen LogP contribution >= 0.6 is 0 Å². The predicted molar refractivity (Wildman–Crippen MR) is 91.8 cm³/mol. The maximum Gasteiger partial charge on any atom is 0.240 e. The molecule has 1 aliphatic rings. The largest absolute Gasteiger partial charge is 0.353 e. The van der Waals surface area contributed by atoms with Crippen LogP contribution in [0.3, 0.4) is 0 Å². The molecule has 0 heterocycles. The Bertz CT molecular complexity index is 565. The predicted octanol–water partition coefficient (Wildman–Crippen LogP) is 3.05. The third-order valence-corrected chi connectivity index (χ3v) is 4.96. The van der Waals surface area contributed by atoms with E-state index in [1.54, 1.807) is 0 Å². The lowest BCUT2D eigenvalue weighted by atomic mass is 9.87. The lowest BCUT2D eigenvalue weighted by Crippen LogP contribution is -2.42. The standard InChI is InChI=1S/C19H27N3O/c1-4-15-7-9-16(10-8-15)17(22(2)3)13-21-18(23)19(14-20)11-5-6-12-19/h7-10,17H,4-6,11-13H2,1-3H3,(H,21,23). The molecule has 1 fully saturated rings. The first-order valence-electron chi connectivity index (χ1n) is 8.47. The number of amides is 1. The second-order valence-electron chi connectivity index (χ2n) is 6.69. The first kappa shape index (κ1) is 17.5. The zero-order chi connectivity index (χ0) is 16.9. The van der Waals surface area contributed by atoms with Crippen molar-refractivity contribution in [2.45, 2.75) is 45.1 Å². The minimum atomic E-state index is -0.803. The van der Waals surface area contributed by atoms with Crippen molar-refractivity contribution in [2.75, 3.05) is 20.6 Å². The van der Waals surface area contributed by atoms with E-state index in [0.717, 1.165) is 19.3 Å². The summed E-state index contributed by atoms with van der Waals surface area (Å²) in [7, 11) is 4.03. The summed E-state index contributed by atoms with van der Waals surface area (Å²) in [5.41, 5.74) is 1.69. The van der Waals surface area contributed by atoms with Gasteiger partial charge in [0.15, 0.2) is 0 Å². The van der Waals surface area contributed by atoms with Gasteiger partial charge in [-0.2, -0.15) is 5.26 Å². The lowest BCUT2D eigenvalue weighted by Gasteiger charge is -2.27. The number of nitrogens with one attached hydrogen (secondary N) is 1. The molecule has 1 aromatic carbocycles. The van der Waals surface area contributed by atoms with Gasteiger partial charge in [0.05, 0.1) is 12.1 Å². The number of nitriles is 1. The van der Waals surface area contributed by atoms with Gasteiger partial charge in [-0.15, -0.1) is 0 Å². The van der Waals surface area contributed by atoms with Gasteiger partial charge in [0.2, 0.25) is 5.91 Å². The summed E-state index contributed by atoms with van der Waals surface area (Å²) < 4.78 is 0. The van der Waals surface area contributed by atoms with Crippen LogP contribution in [-0.4, -0.2) is 31.4 Å². The number of carbonyl (C=O) groups is 1. The van der Waals surface area contributed by atoms with Crippen molar-refractivity contribution in [1.82, 2.24) is 10.2 Å². The highest BCUT2D eigenvalue weighted by Crippen LogP contribution is 2.37. The lowest BCUT2D eigenvalue weighted by molar-refractivity contribution is -0.128. The molecule has 1 amide bonds.